The van der Waals surface area contributed by atoms with Crippen molar-refractivity contribution in [1.82, 2.24) is 0 Å². The molecule has 19 heavy (non-hydrogen) atoms. The summed E-state index contributed by atoms with van der Waals surface area (Å²) >= 11 is 0. The first-order valence-electron chi connectivity index (χ1n) is 7.36. The van der Waals surface area contributed by atoms with E-state index < -0.39 is 7.37 Å². The third-order valence-corrected chi connectivity index (χ3v) is 6.05. The monoisotopic (exact) mass is 282 g/mol. The minimum absolute atomic E-state index is 0.705. The lowest BCUT2D eigenvalue weighted by Gasteiger charge is -2.21. The lowest BCUT2D eigenvalue weighted by atomic mass is 10.1. The van der Waals surface area contributed by atoms with E-state index >= 15 is 0 Å². The molecular weight excluding hydrogens is 255 g/mol. The van der Waals surface area contributed by atoms with Crippen molar-refractivity contribution >= 4 is 7.37 Å². The molecule has 0 amide bonds. The van der Waals surface area contributed by atoms with Crippen LogP contribution in [0.15, 0.2) is 18.2 Å². The molecule has 0 N–H and O–H groups in total. The Morgan fingerprint density at radius 2 is 1.63 bits per heavy atom. The standard InChI is InChI=1S/C16H27O2P/c1-5-7-12-19(17,13-8-6-2)18-16-11-9-10-14(3)15(16)4/h9-11H,5-8,12-13H2,1-4H3. The molecule has 0 saturated heterocycles. The second kappa shape index (κ2) is 7.75. The summed E-state index contributed by atoms with van der Waals surface area (Å²) in [6.45, 7) is 8.35. The Kier molecular flexibility index (Phi) is 6.65. The van der Waals surface area contributed by atoms with Gasteiger partial charge in [0.1, 0.15) is 5.75 Å². The number of benzene rings is 1. The van der Waals surface area contributed by atoms with Crippen LogP contribution in [0.25, 0.3) is 0 Å². The van der Waals surface area contributed by atoms with Crippen LogP contribution in [-0.2, 0) is 4.57 Å². The molecule has 2 nitrogen and oxygen atoms in total. The Hall–Kier alpha value is -0.750. The second-order valence-corrected chi connectivity index (χ2v) is 7.96. The summed E-state index contributed by atoms with van der Waals surface area (Å²) < 4.78 is 18.9. The number of hydrogen-bond donors (Lipinski definition) is 0. The topological polar surface area (TPSA) is 26.3 Å². The van der Waals surface area contributed by atoms with Crippen LogP contribution in [0.2, 0.25) is 0 Å². The van der Waals surface area contributed by atoms with E-state index in [0.29, 0.717) is 12.3 Å². The van der Waals surface area contributed by atoms with Crippen LogP contribution < -0.4 is 4.52 Å². The smallest absolute Gasteiger partial charge is 0.247 e. The molecule has 0 fully saturated rings. The third-order valence-electron chi connectivity index (χ3n) is 3.52. The van der Waals surface area contributed by atoms with E-state index in [9.17, 15) is 4.57 Å². The molecule has 0 unspecified atom stereocenters. The van der Waals surface area contributed by atoms with Gasteiger partial charge < -0.3 is 4.52 Å². The van der Waals surface area contributed by atoms with Crippen LogP contribution in [-0.4, -0.2) is 12.3 Å². The zero-order valence-electron chi connectivity index (χ0n) is 12.7. The van der Waals surface area contributed by atoms with Gasteiger partial charge in [0.15, 0.2) is 0 Å². The highest BCUT2D eigenvalue weighted by atomic mass is 31.2. The van der Waals surface area contributed by atoms with Gasteiger partial charge in [0.05, 0.1) is 0 Å². The van der Waals surface area contributed by atoms with E-state index in [1.165, 1.54) is 5.56 Å². The summed E-state index contributed by atoms with van der Waals surface area (Å²) in [7, 11) is -2.52. The van der Waals surface area contributed by atoms with Crippen molar-refractivity contribution in [2.75, 3.05) is 12.3 Å². The molecule has 1 aromatic carbocycles. The van der Waals surface area contributed by atoms with Crippen LogP contribution in [0.5, 0.6) is 5.75 Å². The Balaban J connectivity index is 2.87. The summed E-state index contributed by atoms with van der Waals surface area (Å²) in [6, 6.07) is 5.97. The summed E-state index contributed by atoms with van der Waals surface area (Å²) in [4.78, 5) is 0. The number of hydrogen-bond acceptors (Lipinski definition) is 2. The molecule has 0 aliphatic heterocycles. The lowest BCUT2D eigenvalue weighted by molar-refractivity contribution is 0.474. The van der Waals surface area contributed by atoms with Crippen molar-refractivity contribution in [3.8, 4) is 5.75 Å². The third kappa shape index (κ3) is 5.03. The highest BCUT2D eigenvalue weighted by Gasteiger charge is 2.24. The zero-order valence-corrected chi connectivity index (χ0v) is 13.6. The summed E-state index contributed by atoms with van der Waals surface area (Å²) in [5.41, 5.74) is 2.30. The molecule has 0 bridgehead atoms. The molecule has 0 atom stereocenters. The molecule has 0 spiro atoms. The maximum Gasteiger partial charge on any atom is 0.247 e. The maximum atomic E-state index is 12.9. The molecule has 3 heteroatoms. The van der Waals surface area contributed by atoms with E-state index in [1.807, 2.05) is 19.1 Å². The van der Waals surface area contributed by atoms with Gasteiger partial charge in [0, 0.05) is 12.3 Å². The molecule has 0 aliphatic rings. The highest BCUT2D eigenvalue weighted by Crippen LogP contribution is 2.49. The molecule has 1 aromatic rings. The normalized spacial score (nSPS) is 11.6. The predicted octanol–water partition coefficient (Wildman–Crippen LogP) is 5.56. The van der Waals surface area contributed by atoms with Gasteiger partial charge in [0.2, 0.25) is 7.37 Å². The van der Waals surface area contributed by atoms with E-state index in [2.05, 4.69) is 26.8 Å². The van der Waals surface area contributed by atoms with Crippen molar-refractivity contribution in [2.24, 2.45) is 0 Å². The van der Waals surface area contributed by atoms with Gasteiger partial charge in [0.25, 0.3) is 0 Å². The number of aryl methyl sites for hydroxylation is 1. The molecule has 1 rings (SSSR count). The minimum Gasteiger partial charge on any atom is -0.442 e. The SMILES string of the molecule is CCCCP(=O)(CCCC)Oc1cccc(C)c1C. The van der Waals surface area contributed by atoms with Crippen molar-refractivity contribution < 1.29 is 9.09 Å². The van der Waals surface area contributed by atoms with Crippen molar-refractivity contribution in [3.63, 3.8) is 0 Å². The largest absolute Gasteiger partial charge is 0.442 e. The predicted molar refractivity (Wildman–Crippen MR) is 83.7 cm³/mol. The van der Waals surface area contributed by atoms with Gasteiger partial charge in [-0.15, -0.1) is 0 Å². The van der Waals surface area contributed by atoms with Crippen molar-refractivity contribution in [3.05, 3.63) is 29.3 Å². The number of unbranched alkanes of at least 4 members (excludes halogenated alkanes) is 2. The van der Waals surface area contributed by atoms with Gasteiger partial charge in [-0.1, -0.05) is 38.8 Å². The molecule has 0 saturated carbocycles. The number of rotatable bonds is 8. The fourth-order valence-corrected chi connectivity index (χ4v) is 4.56. The summed E-state index contributed by atoms with van der Waals surface area (Å²) in [5.74, 6) is 0.801. The van der Waals surface area contributed by atoms with Crippen LogP contribution in [0.3, 0.4) is 0 Å². The van der Waals surface area contributed by atoms with Gasteiger partial charge in [-0.2, -0.15) is 0 Å². The Morgan fingerprint density at radius 1 is 1.05 bits per heavy atom. The van der Waals surface area contributed by atoms with Crippen LogP contribution >= 0.6 is 7.37 Å². The van der Waals surface area contributed by atoms with Gasteiger partial charge in [-0.05, 0) is 43.9 Å². The minimum atomic E-state index is -2.52. The van der Waals surface area contributed by atoms with Crippen LogP contribution in [0, 0.1) is 13.8 Å². The van der Waals surface area contributed by atoms with Gasteiger partial charge in [-0.3, -0.25) is 4.57 Å². The van der Waals surface area contributed by atoms with Crippen LogP contribution in [0.1, 0.15) is 50.7 Å². The Morgan fingerprint density at radius 3 is 2.16 bits per heavy atom. The average molecular weight is 282 g/mol. The van der Waals surface area contributed by atoms with Crippen LogP contribution in [0.4, 0.5) is 0 Å². The van der Waals surface area contributed by atoms with E-state index in [1.54, 1.807) is 0 Å². The fourth-order valence-electron chi connectivity index (χ4n) is 2.00. The Labute approximate surface area is 118 Å². The van der Waals surface area contributed by atoms with E-state index in [0.717, 1.165) is 37.0 Å². The van der Waals surface area contributed by atoms with Gasteiger partial charge >= 0.3 is 0 Å². The van der Waals surface area contributed by atoms with E-state index in [4.69, 9.17) is 4.52 Å². The fraction of sp³-hybridized carbons (Fsp3) is 0.625. The first-order chi connectivity index (χ1) is 9.02. The molecule has 0 aromatic heterocycles. The second-order valence-electron chi connectivity index (χ2n) is 5.26. The highest BCUT2D eigenvalue weighted by molar-refractivity contribution is 7.59. The Bertz CT molecular complexity index is 428. The lowest BCUT2D eigenvalue weighted by Crippen LogP contribution is -2.04. The average Bonchev–Trinajstić information content (AvgIpc) is 2.40. The molecule has 0 radical (unpaired) electrons. The molecule has 0 heterocycles. The van der Waals surface area contributed by atoms with Gasteiger partial charge in [-0.25, -0.2) is 0 Å². The van der Waals surface area contributed by atoms with Crippen molar-refractivity contribution in [1.29, 1.82) is 0 Å². The molecule has 0 aliphatic carbocycles. The molecular formula is C16H27O2P. The quantitative estimate of drug-likeness (QED) is 0.583. The summed E-state index contributed by atoms with van der Waals surface area (Å²) in [6.07, 6.45) is 5.49. The first-order valence-corrected chi connectivity index (χ1v) is 9.36. The first kappa shape index (κ1) is 16.3. The summed E-state index contributed by atoms with van der Waals surface area (Å²) in [5, 5.41) is 0. The zero-order chi connectivity index (χ0) is 14.3. The molecule has 108 valence electrons. The maximum absolute atomic E-state index is 12.9. The van der Waals surface area contributed by atoms with Crippen molar-refractivity contribution in [2.45, 2.75) is 53.4 Å². The van der Waals surface area contributed by atoms with E-state index in [-0.39, 0.29) is 0 Å².